The zero-order valence-electron chi connectivity index (χ0n) is 11.7. The average molecular weight is 290 g/mol. The van der Waals surface area contributed by atoms with Crippen molar-refractivity contribution >= 4 is 10.0 Å². The standard InChI is InChI=1S/C12H22N2O4S/c1-4-5-13-9-11-8-12(10(2)18-11)19(15,16)14-6-7-17-3/h8,13-14H,4-7,9H2,1-3H3. The minimum atomic E-state index is -3.52. The molecule has 0 aliphatic carbocycles. The highest BCUT2D eigenvalue weighted by Gasteiger charge is 2.20. The molecule has 19 heavy (non-hydrogen) atoms. The van der Waals surface area contributed by atoms with Gasteiger partial charge in [0, 0.05) is 19.7 Å². The van der Waals surface area contributed by atoms with E-state index in [1.54, 1.807) is 13.0 Å². The first-order chi connectivity index (χ1) is 9.01. The number of aryl methyl sites for hydroxylation is 1. The molecule has 1 rings (SSSR count). The van der Waals surface area contributed by atoms with E-state index in [9.17, 15) is 8.42 Å². The summed E-state index contributed by atoms with van der Waals surface area (Å²) in [4.78, 5) is 0.192. The normalized spacial score (nSPS) is 11.9. The zero-order valence-corrected chi connectivity index (χ0v) is 12.5. The Morgan fingerprint density at radius 3 is 2.74 bits per heavy atom. The molecule has 6 nitrogen and oxygen atoms in total. The molecule has 0 bridgehead atoms. The molecule has 0 saturated heterocycles. The summed E-state index contributed by atoms with van der Waals surface area (Å²) in [6, 6.07) is 1.56. The van der Waals surface area contributed by atoms with Crippen LogP contribution in [-0.4, -0.2) is 35.2 Å². The van der Waals surface area contributed by atoms with Crippen molar-refractivity contribution in [3.05, 3.63) is 17.6 Å². The number of rotatable bonds is 9. The second-order valence-corrected chi connectivity index (χ2v) is 5.94. The fourth-order valence-corrected chi connectivity index (χ4v) is 2.84. The Kier molecular flexibility index (Phi) is 6.50. The predicted molar refractivity (Wildman–Crippen MR) is 72.5 cm³/mol. The number of ether oxygens (including phenoxy) is 1. The largest absolute Gasteiger partial charge is 0.464 e. The van der Waals surface area contributed by atoms with E-state index in [1.807, 2.05) is 0 Å². The summed E-state index contributed by atoms with van der Waals surface area (Å²) in [7, 11) is -2.00. The maximum Gasteiger partial charge on any atom is 0.244 e. The Labute approximate surface area is 114 Å². The summed E-state index contributed by atoms with van der Waals surface area (Å²) in [5.41, 5.74) is 0. The minimum absolute atomic E-state index is 0.192. The van der Waals surface area contributed by atoms with Gasteiger partial charge < -0.3 is 14.5 Å². The number of hydrogen-bond acceptors (Lipinski definition) is 5. The molecule has 110 valence electrons. The molecule has 0 aliphatic heterocycles. The quantitative estimate of drug-likeness (QED) is 0.664. The van der Waals surface area contributed by atoms with Crippen LogP contribution in [0.3, 0.4) is 0 Å². The summed E-state index contributed by atoms with van der Waals surface area (Å²) >= 11 is 0. The Bertz CT molecular complexity index is 482. The summed E-state index contributed by atoms with van der Waals surface area (Å²) in [5.74, 6) is 1.02. The molecule has 1 heterocycles. The van der Waals surface area contributed by atoms with Crippen LogP contribution in [0.25, 0.3) is 0 Å². The highest BCUT2D eigenvalue weighted by molar-refractivity contribution is 7.89. The van der Waals surface area contributed by atoms with Gasteiger partial charge in [-0.1, -0.05) is 6.92 Å². The molecule has 0 atom stereocenters. The second-order valence-electron chi connectivity index (χ2n) is 4.20. The van der Waals surface area contributed by atoms with Crippen LogP contribution in [0.4, 0.5) is 0 Å². The van der Waals surface area contributed by atoms with E-state index in [4.69, 9.17) is 9.15 Å². The lowest BCUT2D eigenvalue weighted by atomic mass is 10.4. The monoisotopic (exact) mass is 290 g/mol. The average Bonchev–Trinajstić information content (AvgIpc) is 2.72. The van der Waals surface area contributed by atoms with E-state index in [2.05, 4.69) is 17.0 Å². The third-order valence-corrected chi connectivity index (χ3v) is 4.11. The molecule has 0 amide bonds. The van der Waals surface area contributed by atoms with Crippen molar-refractivity contribution in [1.82, 2.24) is 10.0 Å². The van der Waals surface area contributed by atoms with Crippen LogP contribution in [0.1, 0.15) is 24.9 Å². The Morgan fingerprint density at radius 2 is 2.11 bits per heavy atom. The number of nitrogens with one attached hydrogen (secondary N) is 2. The topological polar surface area (TPSA) is 80.6 Å². The van der Waals surface area contributed by atoms with E-state index < -0.39 is 10.0 Å². The van der Waals surface area contributed by atoms with Crippen molar-refractivity contribution in [2.75, 3.05) is 26.8 Å². The van der Waals surface area contributed by atoms with Crippen LogP contribution < -0.4 is 10.0 Å². The van der Waals surface area contributed by atoms with Crippen LogP contribution in [0.5, 0.6) is 0 Å². The second kappa shape index (κ2) is 7.64. The van der Waals surface area contributed by atoms with Gasteiger partial charge in [0.05, 0.1) is 13.2 Å². The van der Waals surface area contributed by atoms with Crippen molar-refractivity contribution in [3.63, 3.8) is 0 Å². The van der Waals surface area contributed by atoms with Crippen molar-refractivity contribution in [1.29, 1.82) is 0 Å². The fourth-order valence-electron chi connectivity index (χ4n) is 1.62. The van der Waals surface area contributed by atoms with Gasteiger partial charge in [-0.05, 0) is 19.9 Å². The predicted octanol–water partition coefficient (Wildman–Crippen LogP) is 1.01. The maximum atomic E-state index is 12.0. The third-order valence-electron chi connectivity index (χ3n) is 2.54. The SMILES string of the molecule is CCCNCc1cc(S(=O)(=O)NCCOC)c(C)o1. The molecule has 0 aliphatic rings. The van der Waals surface area contributed by atoms with E-state index in [0.717, 1.165) is 13.0 Å². The molecule has 0 aromatic carbocycles. The molecule has 1 aromatic heterocycles. The minimum Gasteiger partial charge on any atom is -0.464 e. The molecule has 0 radical (unpaired) electrons. The molecular formula is C12H22N2O4S. The number of sulfonamides is 1. The zero-order chi connectivity index (χ0) is 14.3. The van der Waals surface area contributed by atoms with Gasteiger partial charge in [-0.2, -0.15) is 0 Å². The summed E-state index contributed by atoms with van der Waals surface area (Å²) in [6.07, 6.45) is 1.02. The van der Waals surface area contributed by atoms with Crippen LogP contribution >= 0.6 is 0 Å². The number of methoxy groups -OCH3 is 1. The lowest BCUT2D eigenvalue weighted by molar-refractivity contribution is 0.204. The molecule has 0 fully saturated rings. The lowest BCUT2D eigenvalue weighted by Gasteiger charge is -2.04. The highest BCUT2D eigenvalue weighted by Crippen LogP contribution is 2.19. The summed E-state index contributed by atoms with van der Waals surface area (Å²) in [6.45, 7) is 5.69. The Hall–Kier alpha value is -0.890. The first-order valence-electron chi connectivity index (χ1n) is 6.30. The number of furan rings is 1. The molecule has 1 aromatic rings. The molecule has 0 spiro atoms. The molecule has 2 N–H and O–H groups in total. The molecule has 0 saturated carbocycles. The first kappa shape index (κ1) is 16.2. The van der Waals surface area contributed by atoms with E-state index in [-0.39, 0.29) is 11.4 Å². The maximum absolute atomic E-state index is 12.0. The number of hydrogen-bond donors (Lipinski definition) is 2. The van der Waals surface area contributed by atoms with E-state index in [0.29, 0.717) is 24.7 Å². The summed E-state index contributed by atoms with van der Waals surface area (Å²) in [5, 5.41) is 3.17. The first-order valence-corrected chi connectivity index (χ1v) is 7.78. The van der Waals surface area contributed by atoms with Crippen molar-refractivity contribution in [3.8, 4) is 0 Å². The summed E-state index contributed by atoms with van der Waals surface area (Å²) < 4.78 is 36.8. The van der Waals surface area contributed by atoms with Crippen molar-refractivity contribution < 1.29 is 17.6 Å². The van der Waals surface area contributed by atoms with Crippen LogP contribution in [-0.2, 0) is 21.3 Å². The van der Waals surface area contributed by atoms with E-state index >= 15 is 0 Å². The van der Waals surface area contributed by atoms with Gasteiger partial charge >= 0.3 is 0 Å². The smallest absolute Gasteiger partial charge is 0.244 e. The highest BCUT2D eigenvalue weighted by atomic mass is 32.2. The fraction of sp³-hybridized carbons (Fsp3) is 0.667. The van der Waals surface area contributed by atoms with Gasteiger partial charge in [-0.15, -0.1) is 0 Å². The molecule has 0 unspecified atom stereocenters. The lowest BCUT2D eigenvalue weighted by Crippen LogP contribution is -2.27. The van der Waals surface area contributed by atoms with Crippen LogP contribution in [0, 0.1) is 6.92 Å². The van der Waals surface area contributed by atoms with Gasteiger partial charge in [0.2, 0.25) is 10.0 Å². The Morgan fingerprint density at radius 1 is 1.37 bits per heavy atom. The van der Waals surface area contributed by atoms with Gasteiger partial charge in [0.25, 0.3) is 0 Å². The van der Waals surface area contributed by atoms with Gasteiger partial charge in [0.1, 0.15) is 16.4 Å². The van der Waals surface area contributed by atoms with Crippen molar-refractivity contribution in [2.45, 2.75) is 31.7 Å². The van der Waals surface area contributed by atoms with Crippen LogP contribution in [0.2, 0.25) is 0 Å². The van der Waals surface area contributed by atoms with Gasteiger partial charge in [0.15, 0.2) is 0 Å². The molecule has 7 heteroatoms. The van der Waals surface area contributed by atoms with Gasteiger partial charge in [-0.25, -0.2) is 13.1 Å². The van der Waals surface area contributed by atoms with Crippen LogP contribution in [0.15, 0.2) is 15.4 Å². The van der Waals surface area contributed by atoms with Crippen molar-refractivity contribution in [2.24, 2.45) is 0 Å². The van der Waals surface area contributed by atoms with Gasteiger partial charge in [-0.3, -0.25) is 0 Å². The van der Waals surface area contributed by atoms with E-state index in [1.165, 1.54) is 7.11 Å². The molecular weight excluding hydrogens is 268 g/mol. The third kappa shape index (κ3) is 4.94. The Balaban J connectivity index is 2.71.